The Morgan fingerprint density at radius 2 is 1.56 bits per heavy atom. The van der Waals surface area contributed by atoms with Gasteiger partial charge in [0.05, 0.1) is 0 Å². The van der Waals surface area contributed by atoms with E-state index in [1.807, 2.05) is 43.3 Å². The van der Waals surface area contributed by atoms with Crippen molar-refractivity contribution >= 4 is 29.9 Å². The highest BCUT2D eigenvalue weighted by molar-refractivity contribution is 6.30. The molecule has 3 N–H and O–H groups in total. The van der Waals surface area contributed by atoms with Gasteiger partial charge in [-0.15, -0.1) is 12.4 Å². The zero-order valence-electron chi connectivity index (χ0n) is 15.3. The fourth-order valence-electron chi connectivity index (χ4n) is 2.20. The Morgan fingerprint density at radius 3 is 2.07 bits per heavy atom. The Kier molecular flexibility index (Phi) is 10.6. The molecule has 2 aromatic rings. The van der Waals surface area contributed by atoms with Crippen LogP contribution in [0.25, 0.3) is 0 Å². The number of nitrogens with one attached hydrogen (secondary N) is 1. The molecule has 0 heterocycles. The monoisotopic (exact) mass is 412 g/mol. The first kappa shape index (κ1) is 23.1. The smallest absolute Gasteiger partial charge is 0.220 e. The molecule has 5 nitrogen and oxygen atoms in total. The number of hydrogen-bond acceptors (Lipinski definition) is 4. The molecule has 1 atom stereocenters. The quantitative estimate of drug-likeness (QED) is 0.579. The van der Waals surface area contributed by atoms with Gasteiger partial charge < -0.3 is 20.5 Å². The summed E-state index contributed by atoms with van der Waals surface area (Å²) in [5.74, 6) is 1.53. The van der Waals surface area contributed by atoms with Crippen molar-refractivity contribution in [2.24, 2.45) is 5.73 Å². The minimum absolute atomic E-state index is 0. The van der Waals surface area contributed by atoms with Crippen molar-refractivity contribution in [2.75, 3.05) is 13.2 Å². The molecule has 0 aliphatic carbocycles. The van der Waals surface area contributed by atoms with Gasteiger partial charge in [-0.25, -0.2) is 0 Å². The van der Waals surface area contributed by atoms with E-state index in [0.717, 1.165) is 17.1 Å². The number of ether oxygens (including phenoxy) is 2. The Morgan fingerprint density at radius 1 is 1.04 bits per heavy atom. The molecule has 1 unspecified atom stereocenters. The van der Waals surface area contributed by atoms with Crippen LogP contribution in [-0.4, -0.2) is 25.2 Å². The molecule has 27 heavy (non-hydrogen) atoms. The fraction of sp³-hybridized carbons (Fsp3) is 0.350. The zero-order valence-corrected chi connectivity index (χ0v) is 16.9. The van der Waals surface area contributed by atoms with E-state index in [-0.39, 0.29) is 24.4 Å². The second-order valence-corrected chi connectivity index (χ2v) is 6.52. The average Bonchev–Trinajstić information content (AvgIpc) is 2.64. The van der Waals surface area contributed by atoms with E-state index in [1.54, 1.807) is 12.1 Å². The third-order valence-corrected chi connectivity index (χ3v) is 3.93. The third-order valence-electron chi connectivity index (χ3n) is 3.67. The molecule has 0 fully saturated rings. The van der Waals surface area contributed by atoms with E-state index in [9.17, 15) is 4.79 Å². The minimum Gasteiger partial charge on any atom is -0.490 e. The molecule has 0 saturated heterocycles. The summed E-state index contributed by atoms with van der Waals surface area (Å²) < 4.78 is 11.2. The van der Waals surface area contributed by atoms with Crippen LogP contribution in [0.15, 0.2) is 48.5 Å². The highest BCUT2D eigenvalue weighted by Crippen LogP contribution is 2.16. The number of halogens is 2. The van der Waals surface area contributed by atoms with E-state index in [2.05, 4.69) is 5.32 Å². The van der Waals surface area contributed by atoms with Crippen LogP contribution in [0.1, 0.15) is 25.3 Å². The predicted octanol–water partition coefficient (Wildman–Crippen LogP) is 3.96. The van der Waals surface area contributed by atoms with E-state index in [0.29, 0.717) is 37.6 Å². The SMILES string of the molecule is CC(N)CCC(=O)NCc1ccc(OCCOc2ccc(Cl)cc2)cc1.Cl. The van der Waals surface area contributed by atoms with E-state index in [4.69, 9.17) is 26.8 Å². The van der Waals surface area contributed by atoms with Crippen molar-refractivity contribution in [3.63, 3.8) is 0 Å². The molecule has 0 spiro atoms. The Hall–Kier alpha value is -1.95. The van der Waals surface area contributed by atoms with E-state index in [1.165, 1.54) is 0 Å². The first-order valence-electron chi connectivity index (χ1n) is 8.65. The summed E-state index contributed by atoms with van der Waals surface area (Å²) in [7, 11) is 0. The van der Waals surface area contributed by atoms with Gasteiger partial charge in [-0.05, 0) is 55.3 Å². The molecule has 2 rings (SSSR count). The van der Waals surface area contributed by atoms with Crippen LogP contribution in [0.2, 0.25) is 5.02 Å². The standard InChI is InChI=1S/C20H25ClN2O3.ClH/c1-15(22)2-11-20(24)23-14-16-3-7-18(8-4-16)25-12-13-26-19-9-5-17(21)6-10-19;/h3-10,15H,2,11-14,22H2,1H3,(H,23,24);1H. The van der Waals surface area contributed by atoms with Gasteiger partial charge >= 0.3 is 0 Å². The molecule has 0 aromatic heterocycles. The number of benzene rings is 2. The molecule has 0 saturated carbocycles. The molecular weight excluding hydrogens is 387 g/mol. The first-order chi connectivity index (χ1) is 12.5. The maximum atomic E-state index is 11.7. The number of amides is 1. The Labute approximate surface area is 171 Å². The van der Waals surface area contributed by atoms with Crippen LogP contribution in [0.3, 0.4) is 0 Å². The van der Waals surface area contributed by atoms with Gasteiger partial charge in [0, 0.05) is 24.0 Å². The summed E-state index contributed by atoms with van der Waals surface area (Å²) in [6.45, 7) is 3.28. The van der Waals surface area contributed by atoms with Gasteiger partial charge in [0.2, 0.25) is 5.91 Å². The van der Waals surface area contributed by atoms with Gasteiger partial charge in [-0.3, -0.25) is 4.79 Å². The van der Waals surface area contributed by atoms with Crippen LogP contribution in [0, 0.1) is 0 Å². The lowest BCUT2D eigenvalue weighted by molar-refractivity contribution is -0.121. The number of nitrogens with two attached hydrogens (primary N) is 1. The number of carbonyl (C=O) groups is 1. The lowest BCUT2D eigenvalue weighted by Crippen LogP contribution is -2.25. The Balaban J connectivity index is 0.00000364. The summed E-state index contributed by atoms with van der Waals surface area (Å²) in [5, 5.41) is 3.56. The van der Waals surface area contributed by atoms with Crippen LogP contribution in [0.4, 0.5) is 0 Å². The normalized spacial score (nSPS) is 11.2. The zero-order chi connectivity index (χ0) is 18.8. The number of carbonyl (C=O) groups excluding carboxylic acids is 1. The second-order valence-electron chi connectivity index (χ2n) is 6.09. The molecule has 1 amide bonds. The van der Waals surface area contributed by atoms with Gasteiger partial charge in [0.25, 0.3) is 0 Å². The minimum atomic E-state index is 0. The molecule has 2 aromatic carbocycles. The van der Waals surface area contributed by atoms with Gasteiger partial charge in [-0.1, -0.05) is 23.7 Å². The molecular formula is C20H26Cl2N2O3. The van der Waals surface area contributed by atoms with Crippen LogP contribution in [0.5, 0.6) is 11.5 Å². The van der Waals surface area contributed by atoms with Gasteiger partial charge in [-0.2, -0.15) is 0 Å². The van der Waals surface area contributed by atoms with E-state index < -0.39 is 0 Å². The van der Waals surface area contributed by atoms with Crippen molar-refractivity contribution in [2.45, 2.75) is 32.4 Å². The molecule has 0 aliphatic heterocycles. The average molecular weight is 413 g/mol. The third kappa shape index (κ3) is 9.52. The van der Waals surface area contributed by atoms with Crippen LogP contribution < -0.4 is 20.5 Å². The molecule has 7 heteroatoms. The molecule has 0 bridgehead atoms. The predicted molar refractivity (Wildman–Crippen MR) is 111 cm³/mol. The largest absolute Gasteiger partial charge is 0.490 e. The highest BCUT2D eigenvalue weighted by atomic mass is 35.5. The number of rotatable bonds is 10. The summed E-state index contributed by atoms with van der Waals surface area (Å²) in [4.78, 5) is 11.7. The fourth-order valence-corrected chi connectivity index (χ4v) is 2.33. The van der Waals surface area contributed by atoms with Crippen molar-refractivity contribution in [1.29, 1.82) is 0 Å². The van der Waals surface area contributed by atoms with Crippen molar-refractivity contribution < 1.29 is 14.3 Å². The summed E-state index contributed by atoms with van der Waals surface area (Å²) in [6, 6.07) is 14.9. The second kappa shape index (κ2) is 12.4. The summed E-state index contributed by atoms with van der Waals surface area (Å²) >= 11 is 5.83. The number of hydrogen-bond donors (Lipinski definition) is 2. The van der Waals surface area contributed by atoms with Crippen molar-refractivity contribution in [3.05, 3.63) is 59.1 Å². The molecule has 148 valence electrons. The van der Waals surface area contributed by atoms with Crippen molar-refractivity contribution in [1.82, 2.24) is 5.32 Å². The molecule has 0 radical (unpaired) electrons. The van der Waals surface area contributed by atoms with Gasteiger partial charge in [0.1, 0.15) is 24.7 Å². The topological polar surface area (TPSA) is 73.6 Å². The maximum Gasteiger partial charge on any atom is 0.220 e. The van der Waals surface area contributed by atoms with Crippen LogP contribution >= 0.6 is 24.0 Å². The summed E-state index contributed by atoms with van der Waals surface area (Å²) in [6.07, 6.45) is 1.14. The lowest BCUT2D eigenvalue weighted by atomic mass is 10.2. The van der Waals surface area contributed by atoms with Crippen LogP contribution in [-0.2, 0) is 11.3 Å². The Bertz CT molecular complexity index is 677. The van der Waals surface area contributed by atoms with Gasteiger partial charge in [0.15, 0.2) is 0 Å². The summed E-state index contributed by atoms with van der Waals surface area (Å²) in [5.41, 5.74) is 6.66. The molecule has 0 aliphatic rings. The lowest BCUT2D eigenvalue weighted by Gasteiger charge is -2.10. The van der Waals surface area contributed by atoms with E-state index >= 15 is 0 Å². The van der Waals surface area contributed by atoms with Crippen molar-refractivity contribution in [3.8, 4) is 11.5 Å². The highest BCUT2D eigenvalue weighted by Gasteiger charge is 2.04. The first-order valence-corrected chi connectivity index (χ1v) is 9.03. The maximum absolute atomic E-state index is 11.7.